The molecule has 1 amide bonds. The summed E-state index contributed by atoms with van der Waals surface area (Å²) in [6.45, 7) is 6.61. The minimum atomic E-state index is -0.359. The maximum atomic E-state index is 14.5. The molecule has 0 spiro atoms. The van der Waals surface area contributed by atoms with Gasteiger partial charge < -0.3 is 19.7 Å². The molecule has 0 aromatic heterocycles. The van der Waals surface area contributed by atoms with E-state index in [1.165, 1.54) is 6.07 Å². The number of amides is 1. The van der Waals surface area contributed by atoms with Crippen molar-refractivity contribution in [3.63, 3.8) is 0 Å². The SMILES string of the molecule is CCC(C)c1ccccc1OCC(=O)Nc1ccc(N2CCOCC2)c(F)c1. The number of benzene rings is 2. The number of carbonyl (C=O) groups excluding carboxylic acids is 1. The Kier molecular flexibility index (Phi) is 6.87. The van der Waals surface area contributed by atoms with Crippen molar-refractivity contribution in [1.82, 2.24) is 0 Å². The Morgan fingerprint density at radius 2 is 2.00 bits per heavy atom. The summed E-state index contributed by atoms with van der Waals surface area (Å²) in [7, 11) is 0. The molecule has 0 radical (unpaired) electrons. The zero-order valence-electron chi connectivity index (χ0n) is 16.4. The molecular formula is C22H27FN2O3. The van der Waals surface area contributed by atoms with Gasteiger partial charge in [-0.05, 0) is 42.2 Å². The highest BCUT2D eigenvalue weighted by atomic mass is 19.1. The van der Waals surface area contributed by atoms with Gasteiger partial charge in [0.25, 0.3) is 5.91 Å². The van der Waals surface area contributed by atoms with Gasteiger partial charge in [0.15, 0.2) is 6.61 Å². The van der Waals surface area contributed by atoms with E-state index in [1.807, 2.05) is 29.2 Å². The average molecular weight is 386 g/mol. The maximum absolute atomic E-state index is 14.5. The van der Waals surface area contributed by atoms with E-state index in [0.717, 1.165) is 12.0 Å². The van der Waals surface area contributed by atoms with E-state index < -0.39 is 0 Å². The van der Waals surface area contributed by atoms with Crippen molar-refractivity contribution < 1.29 is 18.7 Å². The van der Waals surface area contributed by atoms with Crippen molar-refractivity contribution >= 4 is 17.3 Å². The Labute approximate surface area is 165 Å². The monoisotopic (exact) mass is 386 g/mol. The molecule has 1 N–H and O–H groups in total. The first-order valence-electron chi connectivity index (χ1n) is 9.72. The fraction of sp³-hybridized carbons (Fsp3) is 0.409. The van der Waals surface area contributed by atoms with E-state index in [1.54, 1.807) is 12.1 Å². The van der Waals surface area contributed by atoms with Gasteiger partial charge in [0, 0.05) is 18.8 Å². The van der Waals surface area contributed by atoms with Crippen LogP contribution in [0.1, 0.15) is 31.7 Å². The summed E-state index contributed by atoms with van der Waals surface area (Å²) in [5.74, 6) is 0.377. The van der Waals surface area contributed by atoms with Gasteiger partial charge in [-0.25, -0.2) is 4.39 Å². The number of hydrogen-bond donors (Lipinski definition) is 1. The lowest BCUT2D eigenvalue weighted by atomic mass is 9.98. The number of anilines is 2. The number of para-hydroxylation sites is 1. The maximum Gasteiger partial charge on any atom is 0.262 e. The highest BCUT2D eigenvalue weighted by Gasteiger charge is 2.16. The zero-order valence-corrected chi connectivity index (χ0v) is 16.4. The van der Waals surface area contributed by atoms with Crippen LogP contribution in [0.2, 0.25) is 0 Å². The number of halogens is 1. The molecule has 1 aliphatic rings. The molecule has 28 heavy (non-hydrogen) atoms. The van der Waals surface area contributed by atoms with Gasteiger partial charge >= 0.3 is 0 Å². The number of carbonyl (C=O) groups is 1. The quantitative estimate of drug-likeness (QED) is 0.775. The number of rotatable bonds is 7. The molecule has 150 valence electrons. The molecule has 0 aliphatic carbocycles. The molecule has 1 unspecified atom stereocenters. The van der Waals surface area contributed by atoms with Crippen LogP contribution in [-0.2, 0) is 9.53 Å². The van der Waals surface area contributed by atoms with Gasteiger partial charge in [-0.15, -0.1) is 0 Å². The summed E-state index contributed by atoms with van der Waals surface area (Å²) in [6, 6.07) is 12.5. The largest absolute Gasteiger partial charge is 0.483 e. The Morgan fingerprint density at radius 3 is 2.71 bits per heavy atom. The van der Waals surface area contributed by atoms with Crippen LogP contribution in [0.4, 0.5) is 15.8 Å². The standard InChI is InChI=1S/C22H27FN2O3/c1-3-16(2)18-6-4-5-7-21(18)28-15-22(26)24-17-8-9-20(19(23)14-17)25-10-12-27-13-11-25/h4-9,14,16H,3,10-13,15H2,1-2H3,(H,24,26). The van der Waals surface area contributed by atoms with Crippen LogP contribution in [0.5, 0.6) is 5.75 Å². The highest BCUT2D eigenvalue weighted by Crippen LogP contribution is 2.28. The van der Waals surface area contributed by atoms with Crippen molar-refractivity contribution in [2.45, 2.75) is 26.2 Å². The molecular weight excluding hydrogens is 359 g/mol. The summed E-state index contributed by atoms with van der Waals surface area (Å²) in [4.78, 5) is 14.2. The van der Waals surface area contributed by atoms with Gasteiger partial charge in [-0.3, -0.25) is 4.79 Å². The number of ether oxygens (including phenoxy) is 2. The van der Waals surface area contributed by atoms with E-state index in [2.05, 4.69) is 19.2 Å². The molecule has 1 fully saturated rings. The van der Waals surface area contributed by atoms with Crippen molar-refractivity contribution in [3.8, 4) is 5.75 Å². The lowest BCUT2D eigenvalue weighted by Gasteiger charge is -2.29. The Bertz CT molecular complexity index is 806. The van der Waals surface area contributed by atoms with Gasteiger partial charge in [0.05, 0.1) is 18.9 Å². The first-order chi connectivity index (χ1) is 13.6. The molecule has 2 aromatic rings. The van der Waals surface area contributed by atoms with Crippen LogP contribution in [-0.4, -0.2) is 38.8 Å². The predicted octanol–water partition coefficient (Wildman–Crippen LogP) is 4.19. The van der Waals surface area contributed by atoms with Crippen LogP contribution >= 0.6 is 0 Å². The molecule has 5 nitrogen and oxygen atoms in total. The Morgan fingerprint density at radius 1 is 1.25 bits per heavy atom. The molecule has 0 saturated carbocycles. The van der Waals surface area contributed by atoms with Crippen LogP contribution < -0.4 is 15.0 Å². The third kappa shape index (κ3) is 5.01. The fourth-order valence-corrected chi connectivity index (χ4v) is 3.22. The summed E-state index contributed by atoms with van der Waals surface area (Å²) < 4.78 is 25.5. The van der Waals surface area contributed by atoms with Gasteiger partial charge in [-0.1, -0.05) is 32.0 Å². The average Bonchev–Trinajstić information content (AvgIpc) is 2.72. The number of morpholine rings is 1. The molecule has 2 aromatic carbocycles. The molecule has 1 heterocycles. The van der Waals surface area contributed by atoms with Crippen LogP contribution in [0, 0.1) is 5.82 Å². The second-order valence-electron chi connectivity index (χ2n) is 6.95. The molecule has 3 rings (SSSR count). The first kappa shape index (κ1) is 20.1. The fourth-order valence-electron chi connectivity index (χ4n) is 3.22. The minimum Gasteiger partial charge on any atom is -0.483 e. The molecule has 6 heteroatoms. The molecule has 0 bridgehead atoms. The van der Waals surface area contributed by atoms with Crippen LogP contribution in [0.15, 0.2) is 42.5 Å². The summed E-state index contributed by atoms with van der Waals surface area (Å²) in [5, 5.41) is 2.70. The highest BCUT2D eigenvalue weighted by molar-refractivity contribution is 5.92. The third-order valence-electron chi connectivity index (χ3n) is 5.00. The Balaban J connectivity index is 1.59. The van der Waals surface area contributed by atoms with Gasteiger partial charge in [0.1, 0.15) is 11.6 Å². The van der Waals surface area contributed by atoms with E-state index >= 15 is 0 Å². The van der Waals surface area contributed by atoms with Gasteiger partial charge in [-0.2, -0.15) is 0 Å². The summed E-state index contributed by atoms with van der Waals surface area (Å²) in [5.41, 5.74) is 2.03. The third-order valence-corrected chi connectivity index (χ3v) is 5.00. The number of hydrogen-bond acceptors (Lipinski definition) is 4. The predicted molar refractivity (Wildman–Crippen MR) is 109 cm³/mol. The first-order valence-corrected chi connectivity index (χ1v) is 9.72. The topological polar surface area (TPSA) is 50.8 Å². The molecule has 1 atom stereocenters. The van der Waals surface area contributed by atoms with E-state index in [-0.39, 0.29) is 18.3 Å². The second-order valence-corrected chi connectivity index (χ2v) is 6.95. The summed E-state index contributed by atoms with van der Waals surface area (Å²) in [6.07, 6.45) is 0.987. The van der Waals surface area contributed by atoms with E-state index in [4.69, 9.17) is 9.47 Å². The van der Waals surface area contributed by atoms with Gasteiger partial charge in [0.2, 0.25) is 0 Å². The normalized spacial score (nSPS) is 15.2. The zero-order chi connectivity index (χ0) is 19.9. The van der Waals surface area contributed by atoms with Crippen molar-refractivity contribution in [1.29, 1.82) is 0 Å². The van der Waals surface area contributed by atoms with Crippen molar-refractivity contribution in [2.24, 2.45) is 0 Å². The number of nitrogens with zero attached hydrogens (tertiary/aromatic N) is 1. The molecule has 1 saturated heterocycles. The lowest BCUT2D eigenvalue weighted by molar-refractivity contribution is -0.118. The van der Waals surface area contributed by atoms with E-state index in [0.29, 0.717) is 49.3 Å². The summed E-state index contributed by atoms with van der Waals surface area (Å²) >= 11 is 0. The second kappa shape index (κ2) is 9.55. The van der Waals surface area contributed by atoms with Crippen LogP contribution in [0.25, 0.3) is 0 Å². The lowest BCUT2D eigenvalue weighted by Crippen LogP contribution is -2.36. The smallest absolute Gasteiger partial charge is 0.262 e. The molecule has 1 aliphatic heterocycles. The minimum absolute atomic E-state index is 0.125. The van der Waals surface area contributed by atoms with Crippen molar-refractivity contribution in [2.75, 3.05) is 43.1 Å². The number of nitrogens with one attached hydrogen (secondary N) is 1. The Hall–Kier alpha value is -2.60. The van der Waals surface area contributed by atoms with E-state index in [9.17, 15) is 9.18 Å². The van der Waals surface area contributed by atoms with Crippen LogP contribution in [0.3, 0.4) is 0 Å². The van der Waals surface area contributed by atoms with Crippen molar-refractivity contribution in [3.05, 3.63) is 53.8 Å².